The third kappa shape index (κ3) is 4.29. The van der Waals surface area contributed by atoms with Crippen molar-refractivity contribution in [2.75, 3.05) is 0 Å². The van der Waals surface area contributed by atoms with Crippen LogP contribution in [0.5, 0.6) is 11.5 Å². The SMILES string of the molecule is Oc1ccccc1C1=Nc2c(ccc3c(-c4ccccc4)nc(-c4ccccc4O)nc23)C1c1ccccc1.[Pt]. The Kier molecular flexibility index (Phi) is 6.75. The van der Waals surface area contributed by atoms with Gasteiger partial charge in [0.2, 0.25) is 0 Å². The molecule has 1 aromatic heterocycles. The van der Waals surface area contributed by atoms with Crippen LogP contribution in [0.1, 0.15) is 22.6 Å². The number of benzene rings is 5. The van der Waals surface area contributed by atoms with Gasteiger partial charge in [0.25, 0.3) is 0 Å². The zero-order valence-corrected chi connectivity index (χ0v) is 23.4. The molecule has 196 valence electrons. The molecule has 1 aliphatic heterocycles. The summed E-state index contributed by atoms with van der Waals surface area (Å²) in [5.41, 5.74) is 7.26. The molecule has 0 radical (unpaired) electrons. The summed E-state index contributed by atoms with van der Waals surface area (Å²) in [5, 5.41) is 22.3. The minimum Gasteiger partial charge on any atom is -0.507 e. The molecular formula is C34H23N3O2Pt. The number of aromatic hydroxyl groups is 2. The van der Waals surface area contributed by atoms with E-state index in [4.69, 9.17) is 15.0 Å². The number of rotatable bonds is 4. The van der Waals surface area contributed by atoms with E-state index in [1.54, 1.807) is 18.2 Å². The fraction of sp³-hybridized carbons (Fsp3) is 0.0294. The van der Waals surface area contributed by atoms with Gasteiger partial charge in [-0.25, -0.2) is 15.0 Å². The number of nitrogens with zero attached hydrogens (tertiary/aromatic N) is 3. The Morgan fingerprint density at radius 3 is 1.85 bits per heavy atom. The molecule has 1 aliphatic rings. The fourth-order valence-corrected chi connectivity index (χ4v) is 5.37. The molecule has 2 N–H and O–H groups in total. The van der Waals surface area contributed by atoms with Crippen LogP contribution in [0, 0.1) is 0 Å². The molecule has 0 spiro atoms. The normalized spacial score (nSPS) is 13.9. The topological polar surface area (TPSA) is 78.6 Å². The summed E-state index contributed by atoms with van der Waals surface area (Å²) in [6.07, 6.45) is 0. The predicted octanol–water partition coefficient (Wildman–Crippen LogP) is 7.64. The van der Waals surface area contributed by atoms with Gasteiger partial charge in [0.05, 0.1) is 28.6 Å². The van der Waals surface area contributed by atoms with Crippen molar-refractivity contribution in [3.8, 4) is 34.1 Å². The first-order chi connectivity index (χ1) is 19.2. The minimum absolute atomic E-state index is 0. The molecule has 0 amide bonds. The van der Waals surface area contributed by atoms with Crippen molar-refractivity contribution in [1.82, 2.24) is 9.97 Å². The number of phenols is 2. The van der Waals surface area contributed by atoms with E-state index >= 15 is 0 Å². The molecule has 2 heterocycles. The number of phenolic OH excluding ortho intramolecular Hbond substituents is 2. The van der Waals surface area contributed by atoms with Gasteiger partial charge < -0.3 is 10.2 Å². The third-order valence-corrected chi connectivity index (χ3v) is 7.19. The van der Waals surface area contributed by atoms with E-state index in [1.807, 2.05) is 78.9 Å². The third-order valence-electron chi connectivity index (χ3n) is 7.19. The van der Waals surface area contributed by atoms with Crippen LogP contribution in [0.4, 0.5) is 5.69 Å². The van der Waals surface area contributed by atoms with Gasteiger partial charge in [0.15, 0.2) is 5.82 Å². The first-order valence-corrected chi connectivity index (χ1v) is 12.8. The van der Waals surface area contributed by atoms with Crippen molar-refractivity contribution >= 4 is 22.3 Å². The smallest absolute Gasteiger partial charge is 0.164 e. The molecule has 1 atom stereocenters. The molecule has 6 aromatic rings. The van der Waals surface area contributed by atoms with Gasteiger partial charge in [-0.15, -0.1) is 0 Å². The summed E-state index contributed by atoms with van der Waals surface area (Å²) in [4.78, 5) is 15.1. The molecule has 40 heavy (non-hydrogen) atoms. The second kappa shape index (κ2) is 10.5. The molecule has 0 aliphatic carbocycles. The van der Waals surface area contributed by atoms with Crippen molar-refractivity contribution in [1.29, 1.82) is 0 Å². The summed E-state index contributed by atoms with van der Waals surface area (Å²) in [6.45, 7) is 0. The van der Waals surface area contributed by atoms with Crippen LogP contribution < -0.4 is 0 Å². The maximum atomic E-state index is 10.8. The Labute approximate surface area is 245 Å². The van der Waals surface area contributed by atoms with E-state index in [1.165, 1.54) is 0 Å². The van der Waals surface area contributed by atoms with Gasteiger partial charge in [-0.3, -0.25) is 0 Å². The molecule has 5 aromatic carbocycles. The quantitative estimate of drug-likeness (QED) is 0.198. The van der Waals surface area contributed by atoms with Crippen LogP contribution in [0.15, 0.2) is 126 Å². The molecule has 5 nitrogen and oxygen atoms in total. The van der Waals surface area contributed by atoms with E-state index in [0.717, 1.165) is 39.2 Å². The zero-order chi connectivity index (χ0) is 26.3. The average Bonchev–Trinajstić information content (AvgIpc) is 3.38. The molecular weight excluding hydrogens is 677 g/mol. The maximum absolute atomic E-state index is 10.8. The largest absolute Gasteiger partial charge is 0.507 e. The zero-order valence-electron chi connectivity index (χ0n) is 21.2. The number of hydrogen-bond acceptors (Lipinski definition) is 5. The maximum Gasteiger partial charge on any atom is 0.164 e. The van der Waals surface area contributed by atoms with Gasteiger partial charge in [0, 0.05) is 37.6 Å². The number of fused-ring (bicyclic) bond motifs is 3. The first kappa shape index (κ1) is 25.7. The molecule has 0 saturated heterocycles. The molecule has 0 fully saturated rings. The van der Waals surface area contributed by atoms with Crippen molar-refractivity contribution < 1.29 is 31.3 Å². The number of para-hydroxylation sites is 2. The van der Waals surface area contributed by atoms with E-state index in [0.29, 0.717) is 22.5 Å². The molecule has 1 unspecified atom stereocenters. The predicted molar refractivity (Wildman–Crippen MR) is 155 cm³/mol. The Morgan fingerprint density at radius 1 is 0.575 bits per heavy atom. The van der Waals surface area contributed by atoms with Gasteiger partial charge in [0.1, 0.15) is 17.0 Å². The summed E-state index contributed by atoms with van der Waals surface area (Å²) >= 11 is 0. The monoisotopic (exact) mass is 700 g/mol. The van der Waals surface area contributed by atoms with Crippen LogP contribution in [-0.4, -0.2) is 25.9 Å². The van der Waals surface area contributed by atoms with Gasteiger partial charge in [-0.05, 0) is 35.4 Å². The second-order valence-corrected chi connectivity index (χ2v) is 9.54. The van der Waals surface area contributed by atoms with Gasteiger partial charge >= 0.3 is 0 Å². The minimum atomic E-state index is -0.178. The Morgan fingerprint density at radius 2 is 1.18 bits per heavy atom. The van der Waals surface area contributed by atoms with E-state index in [2.05, 4.69) is 24.3 Å². The molecule has 0 bridgehead atoms. The Bertz CT molecular complexity index is 1890. The summed E-state index contributed by atoms with van der Waals surface area (Å²) < 4.78 is 0. The van der Waals surface area contributed by atoms with E-state index in [9.17, 15) is 10.2 Å². The van der Waals surface area contributed by atoms with E-state index in [-0.39, 0.29) is 38.5 Å². The van der Waals surface area contributed by atoms with Crippen LogP contribution in [0.25, 0.3) is 33.5 Å². The van der Waals surface area contributed by atoms with Crippen molar-refractivity contribution in [3.05, 3.63) is 138 Å². The Balaban J connectivity index is 0.00000289. The van der Waals surface area contributed by atoms with Gasteiger partial charge in [-0.2, -0.15) is 0 Å². The van der Waals surface area contributed by atoms with Crippen molar-refractivity contribution in [2.45, 2.75) is 5.92 Å². The van der Waals surface area contributed by atoms with Crippen LogP contribution >= 0.6 is 0 Å². The summed E-state index contributed by atoms with van der Waals surface area (Å²) in [6, 6.07) is 38.7. The molecule has 7 rings (SSSR count). The van der Waals surface area contributed by atoms with Crippen molar-refractivity contribution in [3.63, 3.8) is 0 Å². The van der Waals surface area contributed by atoms with E-state index < -0.39 is 0 Å². The summed E-state index contributed by atoms with van der Waals surface area (Å²) in [5.74, 6) is 0.547. The standard InChI is InChI=1S/C34H23N3O2.Pt/c38-27-17-9-7-15-23(27)31-29(21-11-3-1-4-12-21)25-19-20-26-30(22-13-5-2-6-14-22)36-34(37-33(26)32(25)35-31)24-16-8-10-18-28(24)39;/h1-20,29,38-39H;. The number of aromatic nitrogens is 2. The first-order valence-electron chi connectivity index (χ1n) is 12.8. The van der Waals surface area contributed by atoms with Crippen LogP contribution in [-0.2, 0) is 21.1 Å². The molecule has 0 saturated carbocycles. The van der Waals surface area contributed by atoms with Gasteiger partial charge in [-0.1, -0.05) is 97.1 Å². The Hall–Kier alpha value is -4.60. The molecule has 6 heteroatoms. The van der Waals surface area contributed by atoms with Crippen molar-refractivity contribution in [2.24, 2.45) is 4.99 Å². The number of aliphatic imine (C=N–C) groups is 1. The average molecular weight is 701 g/mol. The van der Waals surface area contributed by atoms with Crippen LogP contribution in [0.3, 0.4) is 0 Å². The fourth-order valence-electron chi connectivity index (χ4n) is 5.37. The van der Waals surface area contributed by atoms with Crippen LogP contribution in [0.2, 0.25) is 0 Å². The second-order valence-electron chi connectivity index (χ2n) is 9.54. The number of hydrogen-bond donors (Lipinski definition) is 2. The summed E-state index contributed by atoms with van der Waals surface area (Å²) in [7, 11) is 0.